The first-order valence-corrected chi connectivity index (χ1v) is 62.8. The van der Waals surface area contributed by atoms with Crippen LogP contribution in [0.3, 0.4) is 0 Å². The quantitative estimate of drug-likeness (QED) is 0.0775. The Labute approximate surface area is 471 Å². The van der Waals surface area contributed by atoms with Gasteiger partial charge in [-0.2, -0.15) is 0 Å². The van der Waals surface area contributed by atoms with Gasteiger partial charge in [-0.25, -0.2) is 0 Å². The molecule has 0 aromatic carbocycles. The number of hydrogen-bond acceptors (Lipinski definition) is 0. The minimum absolute atomic E-state index is 0. The molecule has 0 rings (SSSR count). The van der Waals surface area contributed by atoms with Gasteiger partial charge in [0.1, 0.15) is 0 Å². The molecule has 0 amide bonds. The third-order valence-electron chi connectivity index (χ3n) is 4.02. The van der Waals surface area contributed by atoms with Crippen molar-refractivity contribution in [2.45, 2.75) is 236 Å². The third-order valence-corrected chi connectivity index (χ3v) is 36.2. The molecule has 368 valence electrons. The SMILES string of the molecule is C[Si](C)(C)[N-][Si](C)(C)C.C[Si](C)(C)[N-][Si](C)(C)C.C[Si](C)(C)[N-][Si](C)(C)C.C[Si](C)(C)[N-][Si](C)(C)C.C[Si](C)(C)[N-][Si](C)(C)C.C[Si](C)(C)[N-][Si](C)(C)C.[Ce+4].[Ce+4].[N-]=[N+]=[N-].[N-]=[N+]=[N-]. The average molecular weight is 1330 g/mol. The molecular weight excluding hydrogens is 1220 g/mol. The smallest absolute Gasteiger partial charge is 0.668 e. The summed E-state index contributed by atoms with van der Waals surface area (Å²) in [4.78, 5) is 3.00. The summed E-state index contributed by atoms with van der Waals surface area (Å²) in [5.41, 5.74) is 27.0. The van der Waals surface area contributed by atoms with Crippen LogP contribution < -0.4 is 0 Å². The van der Waals surface area contributed by atoms with E-state index in [1.807, 2.05) is 0 Å². The summed E-state index contributed by atoms with van der Waals surface area (Å²) in [7, 11) is -13.3. The maximum atomic E-state index is 6.75. The predicted molar refractivity (Wildman–Crippen MR) is 320 cm³/mol. The van der Waals surface area contributed by atoms with E-state index < -0.39 is 98.8 Å². The molecule has 0 radical (unpaired) electrons. The van der Waals surface area contributed by atoms with Crippen LogP contribution in [0.25, 0.3) is 59.8 Å². The van der Waals surface area contributed by atoms with E-state index in [-0.39, 0.29) is 83.5 Å². The van der Waals surface area contributed by atoms with Crippen LogP contribution >= 0.6 is 0 Å². The molecule has 12 nitrogen and oxygen atoms in total. The molecule has 0 saturated carbocycles. The van der Waals surface area contributed by atoms with Gasteiger partial charge < -0.3 is 50.0 Å². The zero-order valence-corrected chi connectivity index (χ0v) is 66.6. The predicted octanol–water partition coefficient (Wildman–Crippen LogP) is 19.9. The Bertz CT molecular complexity index is 844. The fraction of sp³-hybridized carbons (Fsp3) is 1.00. The van der Waals surface area contributed by atoms with Gasteiger partial charge in [0.25, 0.3) is 0 Å². The second-order valence-corrected chi connectivity index (χ2v) is 84.4. The Hall–Kier alpha value is 3.74. The van der Waals surface area contributed by atoms with Gasteiger partial charge >= 0.3 is 83.5 Å². The second kappa shape index (κ2) is 37.5. The van der Waals surface area contributed by atoms with Gasteiger partial charge in [0.05, 0.1) is 0 Å². The molecular formula is C36H108Ce2N12Si12. The van der Waals surface area contributed by atoms with Gasteiger partial charge in [0.2, 0.25) is 0 Å². The van der Waals surface area contributed by atoms with E-state index in [0.29, 0.717) is 0 Å². The molecule has 26 heteroatoms. The summed E-state index contributed by atoms with van der Waals surface area (Å²) >= 11 is 0. The summed E-state index contributed by atoms with van der Waals surface area (Å²) in [6.45, 7) is 82.7. The first kappa shape index (κ1) is 88.7. The first-order chi connectivity index (χ1) is 25.1. The second-order valence-electron chi connectivity index (χ2n) is 26.9. The zero-order chi connectivity index (χ0) is 51.7. The van der Waals surface area contributed by atoms with Gasteiger partial charge in [0.15, 0.2) is 0 Å². The maximum Gasteiger partial charge on any atom is 4.00 e. The fourth-order valence-corrected chi connectivity index (χ4v) is 54.3. The standard InChI is InChI=1S/6C6H18NSi2.2Ce.2N3/c6*1-8(2,3)7-9(4,5)6;;;2*1-3-2/h6*1-6H3;;;;/q6*-1;2*+4;2*-1. The summed E-state index contributed by atoms with van der Waals surface area (Å²) in [6.07, 6.45) is 0. The average Bonchev–Trinajstić information content (AvgIpc) is 2.66. The molecule has 0 aliphatic rings. The summed E-state index contributed by atoms with van der Waals surface area (Å²) in [5.74, 6) is 0. The Kier molecular flexibility index (Phi) is 53.6. The van der Waals surface area contributed by atoms with Gasteiger partial charge in [-0.05, 0) is 0 Å². The Balaban J connectivity index is -0.0000000633. The Morgan fingerprint density at radius 1 is 0.177 bits per heavy atom. The van der Waals surface area contributed by atoms with Crippen molar-refractivity contribution < 1.29 is 83.5 Å². The van der Waals surface area contributed by atoms with E-state index in [1.165, 1.54) is 9.82 Å². The Morgan fingerprint density at radius 2 is 0.210 bits per heavy atom. The maximum absolute atomic E-state index is 6.75. The van der Waals surface area contributed by atoms with Crippen molar-refractivity contribution in [3.05, 3.63) is 59.8 Å². The number of rotatable bonds is 12. The molecule has 0 bridgehead atoms. The molecule has 0 fully saturated rings. The van der Waals surface area contributed by atoms with Crippen LogP contribution in [0, 0.1) is 83.5 Å². The van der Waals surface area contributed by atoms with Crippen LogP contribution in [0.15, 0.2) is 0 Å². The van der Waals surface area contributed by atoms with Gasteiger partial charge in [-0.15, -0.1) is 0 Å². The van der Waals surface area contributed by atoms with Crippen molar-refractivity contribution in [2.24, 2.45) is 0 Å². The molecule has 0 aromatic rings. The van der Waals surface area contributed by atoms with E-state index in [4.69, 9.17) is 50.0 Å². The van der Waals surface area contributed by atoms with Crippen molar-refractivity contribution in [2.75, 3.05) is 0 Å². The zero-order valence-electron chi connectivity index (χ0n) is 48.4. The monoisotopic (exact) mass is 1320 g/mol. The van der Waals surface area contributed by atoms with Gasteiger partial charge in [-0.3, -0.25) is 9.82 Å². The van der Waals surface area contributed by atoms with E-state index in [1.54, 1.807) is 0 Å². The van der Waals surface area contributed by atoms with Crippen LogP contribution in [0.1, 0.15) is 0 Å². The van der Waals surface area contributed by atoms with Gasteiger partial charge in [0, 0.05) is 0 Å². The third kappa shape index (κ3) is 159. The molecule has 0 N–H and O–H groups in total. The molecule has 0 atom stereocenters. The van der Waals surface area contributed by atoms with Crippen LogP contribution in [-0.2, 0) is 0 Å². The molecule has 0 heterocycles. The van der Waals surface area contributed by atoms with Crippen LogP contribution in [0.4, 0.5) is 0 Å². The number of nitrogens with zero attached hydrogens (tertiary/aromatic N) is 12. The van der Waals surface area contributed by atoms with Crippen molar-refractivity contribution >= 4 is 98.8 Å². The number of hydrogen-bond donors (Lipinski definition) is 0. The van der Waals surface area contributed by atoms with E-state index in [9.17, 15) is 0 Å². The summed E-state index contributed by atoms with van der Waals surface area (Å²) < 4.78 is 28.9. The first-order valence-electron chi connectivity index (χ1n) is 21.5. The van der Waals surface area contributed by atoms with E-state index >= 15 is 0 Å². The van der Waals surface area contributed by atoms with E-state index in [2.05, 4.69) is 236 Å². The van der Waals surface area contributed by atoms with Crippen LogP contribution in [0.5, 0.6) is 0 Å². The minimum Gasteiger partial charge on any atom is -0.668 e. The normalized spacial score (nSPS) is 12.5. The Morgan fingerprint density at radius 3 is 0.210 bits per heavy atom. The van der Waals surface area contributed by atoms with Crippen molar-refractivity contribution in [1.29, 1.82) is 0 Å². The van der Waals surface area contributed by atoms with Crippen LogP contribution in [-0.4, -0.2) is 98.8 Å². The topological polar surface area (TPSA) is 202 Å². The van der Waals surface area contributed by atoms with Crippen molar-refractivity contribution in [3.63, 3.8) is 0 Å². The molecule has 62 heavy (non-hydrogen) atoms. The molecule has 0 unspecified atom stereocenters. The van der Waals surface area contributed by atoms with Crippen LogP contribution in [0.2, 0.25) is 236 Å². The van der Waals surface area contributed by atoms with Gasteiger partial charge in [-0.1, -0.05) is 335 Å². The molecule has 0 spiro atoms. The fourth-order valence-electron chi connectivity index (χ4n) is 6.04. The molecule has 0 aliphatic heterocycles. The van der Waals surface area contributed by atoms with Crippen molar-refractivity contribution in [3.8, 4) is 0 Å². The molecule has 0 aliphatic carbocycles. The van der Waals surface area contributed by atoms with Crippen molar-refractivity contribution in [1.82, 2.24) is 0 Å². The minimum atomic E-state index is -1.11. The summed E-state index contributed by atoms with van der Waals surface area (Å²) in [6, 6.07) is 0. The van der Waals surface area contributed by atoms with E-state index in [0.717, 1.165) is 0 Å². The summed E-state index contributed by atoms with van der Waals surface area (Å²) in [5, 5.41) is 0. The molecule has 0 saturated heterocycles. The largest absolute Gasteiger partial charge is 4.00 e. The molecule has 0 aromatic heterocycles.